The third-order valence-electron chi connectivity index (χ3n) is 5.01. The first kappa shape index (κ1) is 20.5. The Morgan fingerprint density at radius 3 is 2.64 bits per heavy atom. The third-order valence-corrected chi connectivity index (χ3v) is 5.01. The van der Waals surface area contributed by atoms with Crippen LogP contribution in [0.3, 0.4) is 0 Å². The molecule has 0 atom stereocenters. The molecule has 28 heavy (non-hydrogen) atoms. The lowest BCUT2D eigenvalue weighted by Gasteiger charge is -2.19. The molecule has 148 valence electrons. The van der Waals surface area contributed by atoms with Crippen molar-refractivity contribution in [2.75, 3.05) is 13.1 Å². The van der Waals surface area contributed by atoms with Gasteiger partial charge in [0.1, 0.15) is 12.4 Å². The van der Waals surface area contributed by atoms with Gasteiger partial charge in [-0.1, -0.05) is 18.2 Å². The van der Waals surface area contributed by atoms with Crippen LogP contribution in [0.2, 0.25) is 0 Å². The predicted octanol–water partition coefficient (Wildman–Crippen LogP) is 3.27. The summed E-state index contributed by atoms with van der Waals surface area (Å²) in [6.07, 6.45) is 4.13. The SMILES string of the molecule is CCNC(=NCc1nnc2ccccn12)NCC1(c2ccc(F)cc2)CC1.I. The second-order valence-corrected chi connectivity index (χ2v) is 6.88. The van der Waals surface area contributed by atoms with Crippen molar-refractivity contribution in [1.82, 2.24) is 25.2 Å². The van der Waals surface area contributed by atoms with E-state index in [4.69, 9.17) is 0 Å². The Bertz CT molecular complexity index is 949. The van der Waals surface area contributed by atoms with E-state index in [9.17, 15) is 4.39 Å². The number of nitrogens with zero attached hydrogens (tertiary/aromatic N) is 4. The molecule has 2 heterocycles. The van der Waals surface area contributed by atoms with E-state index in [0.29, 0.717) is 6.54 Å². The average Bonchev–Trinajstić information content (AvgIpc) is 3.37. The molecule has 0 spiro atoms. The van der Waals surface area contributed by atoms with E-state index >= 15 is 0 Å². The molecule has 2 N–H and O–H groups in total. The fourth-order valence-corrected chi connectivity index (χ4v) is 3.27. The van der Waals surface area contributed by atoms with Gasteiger partial charge in [-0.3, -0.25) is 4.40 Å². The van der Waals surface area contributed by atoms with Gasteiger partial charge in [-0.25, -0.2) is 9.38 Å². The minimum absolute atomic E-state index is 0. The van der Waals surface area contributed by atoms with Crippen LogP contribution in [0.25, 0.3) is 5.65 Å². The second-order valence-electron chi connectivity index (χ2n) is 6.88. The summed E-state index contributed by atoms with van der Waals surface area (Å²) in [5, 5.41) is 15.1. The van der Waals surface area contributed by atoms with Crippen molar-refractivity contribution >= 4 is 35.6 Å². The number of halogens is 2. The molecule has 1 aromatic carbocycles. The zero-order valence-electron chi connectivity index (χ0n) is 15.7. The zero-order chi connectivity index (χ0) is 18.7. The van der Waals surface area contributed by atoms with E-state index in [2.05, 4.69) is 25.8 Å². The van der Waals surface area contributed by atoms with E-state index in [-0.39, 0.29) is 35.2 Å². The maximum Gasteiger partial charge on any atom is 0.191 e. The Morgan fingerprint density at radius 2 is 1.93 bits per heavy atom. The average molecular weight is 494 g/mol. The van der Waals surface area contributed by atoms with Crippen LogP contribution < -0.4 is 10.6 Å². The number of benzene rings is 1. The van der Waals surface area contributed by atoms with Gasteiger partial charge in [-0.15, -0.1) is 34.2 Å². The molecule has 6 nitrogen and oxygen atoms in total. The topological polar surface area (TPSA) is 66.6 Å². The van der Waals surface area contributed by atoms with Crippen LogP contribution in [0.1, 0.15) is 31.2 Å². The number of rotatable bonds is 6. The maximum atomic E-state index is 13.2. The second kappa shape index (κ2) is 8.85. The first-order valence-electron chi connectivity index (χ1n) is 9.27. The monoisotopic (exact) mass is 494 g/mol. The van der Waals surface area contributed by atoms with E-state index in [1.165, 1.54) is 17.7 Å². The smallest absolute Gasteiger partial charge is 0.191 e. The minimum atomic E-state index is -0.196. The van der Waals surface area contributed by atoms with Crippen molar-refractivity contribution < 1.29 is 4.39 Å². The molecule has 0 aliphatic heterocycles. The van der Waals surface area contributed by atoms with E-state index in [1.807, 2.05) is 47.9 Å². The van der Waals surface area contributed by atoms with Crippen LogP contribution in [0, 0.1) is 5.82 Å². The Hall–Kier alpha value is -2.23. The van der Waals surface area contributed by atoms with Crippen LogP contribution >= 0.6 is 24.0 Å². The quantitative estimate of drug-likeness (QED) is 0.314. The number of nitrogens with one attached hydrogen (secondary N) is 2. The highest BCUT2D eigenvalue weighted by atomic mass is 127. The number of aliphatic imine (C=N–C) groups is 1. The molecule has 1 aliphatic rings. The Balaban J connectivity index is 0.00000225. The van der Waals surface area contributed by atoms with Crippen molar-refractivity contribution in [3.63, 3.8) is 0 Å². The minimum Gasteiger partial charge on any atom is -0.357 e. The van der Waals surface area contributed by atoms with Crippen LogP contribution in [-0.4, -0.2) is 33.6 Å². The van der Waals surface area contributed by atoms with Gasteiger partial charge in [-0.05, 0) is 49.6 Å². The van der Waals surface area contributed by atoms with Gasteiger partial charge in [0.25, 0.3) is 0 Å². The van der Waals surface area contributed by atoms with Crippen molar-refractivity contribution in [3.05, 3.63) is 65.9 Å². The number of aromatic nitrogens is 3. The van der Waals surface area contributed by atoms with Crippen LogP contribution in [0.4, 0.5) is 4.39 Å². The normalized spacial score (nSPS) is 15.1. The molecule has 1 saturated carbocycles. The summed E-state index contributed by atoms with van der Waals surface area (Å²) in [7, 11) is 0. The molecular formula is C20H24FIN6. The first-order chi connectivity index (χ1) is 13.2. The molecule has 1 fully saturated rings. The largest absolute Gasteiger partial charge is 0.357 e. The molecule has 3 aromatic rings. The molecule has 0 amide bonds. The standard InChI is InChI=1S/C20H23FN6.HI/c1-2-22-19(23-13-18-26-25-17-5-3-4-12-27(17)18)24-14-20(10-11-20)15-6-8-16(21)9-7-15;/h3-9,12H,2,10-11,13-14H2,1H3,(H2,22,23,24);1H. The summed E-state index contributed by atoms with van der Waals surface area (Å²) in [4.78, 5) is 4.66. The lowest BCUT2D eigenvalue weighted by atomic mass is 9.96. The number of hydrogen-bond donors (Lipinski definition) is 2. The summed E-state index contributed by atoms with van der Waals surface area (Å²) in [5.74, 6) is 1.35. The zero-order valence-corrected chi connectivity index (χ0v) is 18.1. The third kappa shape index (κ3) is 4.43. The molecule has 0 unspecified atom stereocenters. The van der Waals surface area contributed by atoms with Crippen LogP contribution in [0.15, 0.2) is 53.7 Å². The number of pyridine rings is 1. The predicted molar refractivity (Wildman–Crippen MR) is 119 cm³/mol. The van der Waals surface area contributed by atoms with Crippen molar-refractivity contribution in [2.45, 2.75) is 31.7 Å². The lowest BCUT2D eigenvalue weighted by Crippen LogP contribution is -2.41. The number of guanidine groups is 1. The van der Waals surface area contributed by atoms with Crippen molar-refractivity contribution in [3.8, 4) is 0 Å². The van der Waals surface area contributed by atoms with Gasteiger partial charge in [0.05, 0.1) is 0 Å². The summed E-state index contributed by atoms with van der Waals surface area (Å²) in [6.45, 7) is 4.02. The molecule has 8 heteroatoms. The molecule has 4 rings (SSSR count). The highest BCUT2D eigenvalue weighted by Crippen LogP contribution is 2.47. The Morgan fingerprint density at radius 1 is 1.14 bits per heavy atom. The van der Waals surface area contributed by atoms with E-state index in [1.54, 1.807) is 0 Å². The number of hydrogen-bond acceptors (Lipinski definition) is 3. The Kier molecular flexibility index (Phi) is 6.48. The van der Waals surface area contributed by atoms with Crippen molar-refractivity contribution in [2.24, 2.45) is 4.99 Å². The number of fused-ring (bicyclic) bond motifs is 1. The summed E-state index contributed by atoms with van der Waals surface area (Å²) in [5.41, 5.74) is 2.07. The van der Waals surface area contributed by atoms with Gasteiger partial charge < -0.3 is 10.6 Å². The summed E-state index contributed by atoms with van der Waals surface area (Å²) >= 11 is 0. The van der Waals surface area contributed by atoms with Gasteiger partial charge in [0, 0.05) is 24.7 Å². The van der Waals surface area contributed by atoms with E-state index < -0.39 is 0 Å². The Labute approximate surface area is 180 Å². The van der Waals surface area contributed by atoms with E-state index in [0.717, 1.165) is 43.4 Å². The fourth-order valence-electron chi connectivity index (χ4n) is 3.27. The maximum absolute atomic E-state index is 13.2. The summed E-state index contributed by atoms with van der Waals surface area (Å²) < 4.78 is 15.1. The van der Waals surface area contributed by atoms with Crippen LogP contribution in [-0.2, 0) is 12.0 Å². The van der Waals surface area contributed by atoms with Gasteiger partial charge in [0.2, 0.25) is 0 Å². The van der Waals surface area contributed by atoms with Gasteiger partial charge in [0.15, 0.2) is 17.4 Å². The lowest BCUT2D eigenvalue weighted by molar-refractivity contribution is 0.617. The summed E-state index contributed by atoms with van der Waals surface area (Å²) in [6, 6.07) is 12.6. The van der Waals surface area contributed by atoms with Gasteiger partial charge >= 0.3 is 0 Å². The molecule has 0 saturated heterocycles. The first-order valence-corrected chi connectivity index (χ1v) is 9.27. The van der Waals surface area contributed by atoms with Crippen molar-refractivity contribution in [1.29, 1.82) is 0 Å². The molecule has 2 aromatic heterocycles. The molecule has 1 aliphatic carbocycles. The molecule has 0 bridgehead atoms. The van der Waals surface area contributed by atoms with Gasteiger partial charge in [-0.2, -0.15) is 0 Å². The molecule has 0 radical (unpaired) electrons. The fraction of sp³-hybridized carbons (Fsp3) is 0.350. The molecular weight excluding hydrogens is 470 g/mol. The highest BCUT2D eigenvalue weighted by Gasteiger charge is 2.44. The van der Waals surface area contributed by atoms with Crippen LogP contribution in [0.5, 0.6) is 0 Å². The highest BCUT2D eigenvalue weighted by molar-refractivity contribution is 14.0.